The van der Waals surface area contributed by atoms with Crippen LogP contribution in [0.15, 0.2) is 24.3 Å². The molecule has 8 nitrogen and oxygen atoms in total. The number of phenols is 1. The summed E-state index contributed by atoms with van der Waals surface area (Å²) in [5.74, 6) is -3.58. The lowest BCUT2D eigenvalue weighted by Gasteiger charge is -2.24. The van der Waals surface area contributed by atoms with Gasteiger partial charge in [-0.05, 0) is 17.7 Å². The number of carbonyl (C=O) groups is 2. The van der Waals surface area contributed by atoms with Crippen LogP contribution in [0.2, 0.25) is 0 Å². The summed E-state index contributed by atoms with van der Waals surface area (Å²) in [5, 5.41) is 46.1. The molecule has 0 saturated carbocycles. The Morgan fingerprint density at radius 2 is 2.00 bits per heavy atom. The zero-order chi connectivity index (χ0) is 16.9. The molecule has 2 atom stereocenters. The second-order valence-corrected chi connectivity index (χ2v) is 4.51. The van der Waals surface area contributed by atoms with Crippen molar-refractivity contribution in [3.8, 4) is 11.5 Å². The Morgan fingerprint density at radius 3 is 2.50 bits per heavy atom. The second-order valence-electron chi connectivity index (χ2n) is 4.51. The van der Waals surface area contributed by atoms with Crippen LogP contribution in [-0.2, 0) is 9.59 Å². The monoisotopic (exact) mass is 312 g/mol. The summed E-state index contributed by atoms with van der Waals surface area (Å²) in [7, 11) is 1.36. The van der Waals surface area contributed by atoms with Crippen molar-refractivity contribution < 1.29 is 39.9 Å². The molecule has 1 aromatic rings. The molecule has 0 aliphatic rings. The summed E-state index contributed by atoms with van der Waals surface area (Å²) in [5.41, 5.74) is -2.32. The highest BCUT2D eigenvalue weighted by Gasteiger charge is 2.46. The fourth-order valence-electron chi connectivity index (χ4n) is 1.69. The predicted octanol–water partition coefficient (Wildman–Crippen LogP) is 0.0653. The highest BCUT2D eigenvalue weighted by Crippen LogP contribution is 2.27. The predicted molar refractivity (Wildman–Crippen MR) is 74.5 cm³/mol. The van der Waals surface area contributed by atoms with Crippen LogP contribution in [-0.4, -0.2) is 56.3 Å². The highest BCUT2D eigenvalue weighted by molar-refractivity contribution is 5.87. The van der Waals surface area contributed by atoms with Crippen LogP contribution >= 0.6 is 0 Å². The highest BCUT2D eigenvalue weighted by atomic mass is 16.5. The molecule has 0 saturated heterocycles. The average Bonchev–Trinajstić information content (AvgIpc) is 2.47. The van der Waals surface area contributed by atoms with Crippen LogP contribution in [0.4, 0.5) is 0 Å². The van der Waals surface area contributed by atoms with Gasteiger partial charge in [0.15, 0.2) is 17.6 Å². The van der Waals surface area contributed by atoms with Crippen LogP contribution in [0.3, 0.4) is 0 Å². The van der Waals surface area contributed by atoms with E-state index in [1.54, 1.807) is 0 Å². The van der Waals surface area contributed by atoms with Crippen LogP contribution < -0.4 is 4.74 Å². The molecule has 1 aromatic carbocycles. The largest absolute Gasteiger partial charge is 0.504 e. The summed E-state index contributed by atoms with van der Waals surface area (Å²) in [6, 6.07) is 4.31. The number of aliphatic carboxylic acids is 2. The summed E-state index contributed by atoms with van der Waals surface area (Å²) in [4.78, 5) is 21.7. The molecule has 120 valence electrons. The number of aromatic hydroxyl groups is 1. The van der Waals surface area contributed by atoms with Crippen molar-refractivity contribution in [1.29, 1.82) is 0 Å². The first-order valence-electron chi connectivity index (χ1n) is 6.12. The Hall–Kier alpha value is -2.58. The van der Waals surface area contributed by atoms with Crippen molar-refractivity contribution in [2.45, 2.75) is 18.1 Å². The Bertz CT molecular complexity index is 595. The maximum absolute atomic E-state index is 11.0. The fourth-order valence-corrected chi connectivity index (χ4v) is 1.69. The number of carboxylic acids is 2. The number of hydrogen-bond donors (Lipinski definition) is 5. The molecule has 0 spiro atoms. The molecule has 22 heavy (non-hydrogen) atoms. The lowest BCUT2D eigenvalue weighted by molar-refractivity contribution is -0.182. The molecule has 0 aliphatic carbocycles. The van der Waals surface area contributed by atoms with E-state index in [9.17, 15) is 24.9 Å². The quantitative estimate of drug-likeness (QED) is 0.475. The molecule has 1 rings (SSSR count). The molecular weight excluding hydrogens is 296 g/mol. The molecule has 0 bridgehead atoms. The molecule has 8 heteroatoms. The summed E-state index contributed by atoms with van der Waals surface area (Å²) >= 11 is 0. The van der Waals surface area contributed by atoms with Crippen molar-refractivity contribution >= 4 is 18.0 Å². The fraction of sp³-hybridized carbons (Fsp3) is 0.286. The van der Waals surface area contributed by atoms with Gasteiger partial charge >= 0.3 is 11.9 Å². The molecule has 0 radical (unpaired) electrons. The smallest absolute Gasteiger partial charge is 0.339 e. The van der Waals surface area contributed by atoms with Gasteiger partial charge in [0.1, 0.15) is 0 Å². The van der Waals surface area contributed by atoms with Crippen molar-refractivity contribution in [2.75, 3.05) is 7.11 Å². The SMILES string of the molecule is COc1cc(/C=C/CC(O)(C(=O)O)C(O)C(=O)O)ccc1O. The van der Waals surface area contributed by atoms with E-state index in [4.69, 9.17) is 14.9 Å². The van der Waals surface area contributed by atoms with E-state index in [0.717, 1.165) is 0 Å². The van der Waals surface area contributed by atoms with E-state index in [0.29, 0.717) is 5.56 Å². The van der Waals surface area contributed by atoms with E-state index < -0.39 is 30.1 Å². The molecule has 0 aromatic heterocycles. The number of hydrogen-bond acceptors (Lipinski definition) is 6. The van der Waals surface area contributed by atoms with Gasteiger partial charge in [-0.1, -0.05) is 18.2 Å². The van der Waals surface area contributed by atoms with Gasteiger partial charge in [0.25, 0.3) is 0 Å². The molecule has 0 aliphatic heterocycles. The maximum atomic E-state index is 11.0. The zero-order valence-electron chi connectivity index (χ0n) is 11.6. The van der Waals surface area contributed by atoms with E-state index in [1.807, 2.05) is 0 Å². The number of ether oxygens (including phenoxy) is 1. The van der Waals surface area contributed by atoms with Crippen molar-refractivity contribution in [3.63, 3.8) is 0 Å². The van der Waals surface area contributed by atoms with Gasteiger partial charge in [-0.25, -0.2) is 9.59 Å². The third kappa shape index (κ3) is 3.74. The molecule has 0 amide bonds. The van der Waals surface area contributed by atoms with Gasteiger partial charge in [-0.2, -0.15) is 0 Å². The molecule has 5 N–H and O–H groups in total. The number of methoxy groups -OCH3 is 1. The van der Waals surface area contributed by atoms with Gasteiger partial charge in [-0.3, -0.25) is 0 Å². The third-order valence-electron chi connectivity index (χ3n) is 3.00. The minimum atomic E-state index is -2.84. The number of aliphatic hydroxyl groups excluding tert-OH is 1. The van der Waals surface area contributed by atoms with Gasteiger partial charge in [-0.15, -0.1) is 0 Å². The van der Waals surface area contributed by atoms with E-state index in [-0.39, 0.29) is 11.5 Å². The Balaban J connectivity index is 2.94. The van der Waals surface area contributed by atoms with Crippen LogP contribution in [0, 0.1) is 0 Å². The van der Waals surface area contributed by atoms with Crippen molar-refractivity contribution in [2.24, 2.45) is 0 Å². The first-order valence-corrected chi connectivity index (χ1v) is 6.12. The first-order chi connectivity index (χ1) is 10.2. The molecule has 0 fully saturated rings. The standard InChI is InChI=1S/C14H16O8/c1-22-10-7-8(4-5-9(10)15)3-2-6-14(21,13(19)20)11(16)12(17)18/h2-5,7,11,15-16,21H,6H2,1H3,(H,17,18)(H,19,20)/b3-2+. The number of aliphatic hydroxyl groups is 2. The lowest BCUT2D eigenvalue weighted by Crippen LogP contribution is -2.52. The van der Waals surface area contributed by atoms with Gasteiger partial charge < -0.3 is 30.3 Å². The van der Waals surface area contributed by atoms with Gasteiger partial charge in [0, 0.05) is 6.42 Å². The van der Waals surface area contributed by atoms with Crippen LogP contribution in [0.25, 0.3) is 6.08 Å². The van der Waals surface area contributed by atoms with Crippen molar-refractivity contribution in [3.05, 3.63) is 29.8 Å². The Labute approximate surface area is 125 Å². The van der Waals surface area contributed by atoms with E-state index in [2.05, 4.69) is 0 Å². The Kier molecular flexibility index (Phi) is 5.50. The van der Waals surface area contributed by atoms with E-state index in [1.165, 1.54) is 37.5 Å². The zero-order valence-corrected chi connectivity index (χ0v) is 11.6. The number of rotatable bonds is 7. The van der Waals surface area contributed by atoms with Crippen LogP contribution in [0.1, 0.15) is 12.0 Å². The molecule has 2 unspecified atom stereocenters. The number of phenolic OH excluding ortho intramolecular Hbond substituents is 1. The van der Waals surface area contributed by atoms with E-state index >= 15 is 0 Å². The summed E-state index contributed by atoms with van der Waals surface area (Å²) in [6.45, 7) is 0. The lowest BCUT2D eigenvalue weighted by atomic mass is 9.92. The summed E-state index contributed by atoms with van der Waals surface area (Å²) in [6.07, 6.45) is -0.501. The number of benzene rings is 1. The third-order valence-corrected chi connectivity index (χ3v) is 3.00. The Morgan fingerprint density at radius 1 is 1.36 bits per heavy atom. The minimum absolute atomic E-state index is 0.0806. The van der Waals surface area contributed by atoms with Gasteiger partial charge in [0.2, 0.25) is 5.60 Å². The van der Waals surface area contributed by atoms with Gasteiger partial charge in [0.05, 0.1) is 7.11 Å². The topological polar surface area (TPSA) is 145 Å². The average molecular weight is 312 g/mol. The minimum Gasteiger partial charge on any atom is -0.504 e. The molecule has 0 heterocycles. The maximum Gasteiger partial charge on any atom is 0.339 e. The second kappa shape index (κ2) is 6.92. The normalized spacial score (nSPS) is 15.2. The first kappa shape index (κ1) is 17.5. The van der Waals surface area contributed by atoms with Crippen molar-refractivity contribution in [1.82, 2.24) is 0 Å². The summed E-state index contributed by atoms with van der Waals surface area (Å²) < 4.78 is 4.90. The number of carboxylic acid groups (broad SMARTS) is 2. The van der Waals surface area contributed by atoms with Crippen LogP contribution in [0.5, 0.6) is 11.5 Å². The molecular formula is C14H16O8.